The van der Waals surface area contributed by atoms with Crippen LogP contribution in [0, 0.1) is 11.3 Å². The summed E-state index contributed by atoms with van der Waals surface area (Å²) < 4.78 is 35.9. The average molecular weight is 547 g/mol. The van der Waals surface area contributed by atoms with Gasteiger partial charge in [-0.2, -0.15) is 10.4 Å². The molecule has 0 aromatic carbocycles. The quantitative estimate of drug-likeness (QED) is 0.471. The number of likely N-dealkylation sites (N-methyl/N-ethyl adjacent to an activating group) is 1. The molecule has 2 aromatic heterocycles. The lowest BCUT2D eigenvalue weighted by Gasteiger charge is -2.29. The van der Waals surface area contributed by atoms with Crippen molar-refractivity contribution in [1.29, 1.82) is 5.26 Å². The molecule has 212 valence electrons. The van der Waals surface area contributed by atoms with Gasteiger partial charge in [0.2, 0.25) is 5.60 Å². The van der Waals surface area contributed by atoms with E-state index in [1.54, 1.807) is 65.7 Å². The minimum Gasteiger partial charge on any atom is -0.462 e. The van der Waals surface area contributed by atoms with Crippen LogP contribution in [0.25, 0.3) is 5.52 Å². The molecule has 4 rings (SSSR count). The predicted molar refractivity (Wildman–Crippen MR) is 134 cm³/mol. The molecule has 2 aliphatic rings. The first-order chi connectivity index (χ1) is 18.3. The van der Waals surface area contributed by atoms with Gasteiger partial charge in [-0.3, -0.25) is 9.69 Å². The van der Waals surface area contributed by atoms with Crippen molar-refractivity contribution in [2.45, 2.75) is 82.6 Å². The van der Waals surface area contributed by atoms with Gasteiger partial charge < -0.3 is 34.2 Å². The van der Waals surface area contributed by atoms with E-state index in [-0.39, 0.29) is 18.5 Å². The van der Waals surface area contributed by atoms with Crippen molar-refractivity contribution in [2.75, 3.05) is 26.4 Å². The van der Waals surface area contributed by atoms with E-state index < -0.39 is 54.0 Å². The Labute approximate surface area is 225 Å². The molecule has 2 saturated heterocycles. The summed E-state index contributed by atoms with van der Waals surface area (Å²) in [6, 6.07) is 4.72. The minimum absolute atomic E-state index is 0.229. The first kappa shape index (κ1) is 28.5. The summed E-state index contributed by atoms with van der Waals surface area (Å²) in [5.74, 6) is -1.34. The Morgan fingerprint density at radius 2 is 1.92 bits per heavy atom. The van der Waals surface area contributed by atoms with Gasteiger partial charge in [0.15, 0.2) is 11.6 Å². The maximum absolute atomic E-state index is 12.6. The van der Waals surface area contributed by atoms with Gasteiger partial charge in [0.1, 0.15) is 55.0 Å². The summed E-state index contributed by atoms with van der Waals surface area (Å²) in [5, 5.41) is 14.6. The van der Waals surface area contributed by atoms with Crippen LogP contribution in [0.2, 0.25) is 0 Å². The van der Waals surface area contributed by atoms with E-state index in [4.69, 9.17) is 34.2 Å². The van der Waals surface area contributed by atoms with Crippen LogP contribution in [0.4, 0.5) is 10.6 Å². The number of hydrogen-bond acceptors (Lipinski definition) is 13. The number of ether oxygens (including phenoxy) is 6. The van der Waals surface area contributed by atoms with Gasteiger partial charge in [-0.1, -0.05) is 0 Å². The number of carbonyl (C=O) groups excluding carboxylic acids is 2. The number of rotatable bonds is 8. The van der Waals surface area contributed by atoms with Crippen LogP contribution in [0.1, 0.15) is 40.3 Å². The molecule has 2 aliphatic heterocycles. The van der Waals surface area contributed by atoms with Crippen LogP contribution in [0.15, 0.2) is 18.5 Å². The Balaban J connectivity index is 1.52. The van der Waals surface area contributed by atoms with E-state index >= 15 is 0 Å². The van der Waals surface area contributed by atoms with E-state index in [0.717, 1.165) is 0 Å². The molecule has 2 N–H and O–H groups in total. The van der Waals surface area contributed by atoms with Gasteiger partial charge in [-0.15, -0.1) is 0 Å². The smallest absolute Gasteiger partial charge is 0.462 e. The van der Waals surface area contributed by atoms with E-state index in [0.29, 0.717) is 11.2 Å². The highest BCUT2D eigenvalue weighted by molar-refractivity contribution is 5.77. The number of carbonyl (C=O) groups is 2. The molecule has 0 amide bonds. The van der Waals surface area contributed by atoms with Crippen LogP contribution < -0.4 is 5.73 Å². The highest BCUT2D eigenvalue weighted by Gasteiger charge is 2.65. The molecule has 0 spiro atoms. The first-order valence-electron chi connectivity index (χ1n) is 12.5. The molecule has 0 unspecified atom stereocenters. The summed E-state index contributed by atoms with van der Waals surface area (Å²) in [7, 11) is 3.35. The van der Waals surface area contributed by atoms with Crippen LogP contribution >= 0.6 is 0 Å². The van der Waals surface area contributed by atoms with Gasteiger partial charge in [-0.25, -0.2) is 14.3 Å². The summed E-state index contributed by atoms with van der Waals surface area (Å²) in [4.78, 5) is 30.7. The lowest BCUT2D eigenvalue weighted by Crippen LogP contribution is -2.47. The predicted octanol–water partition coefficient (Wildman–Crippen LogP) is 1.37. The van der Waals surface area contributed by atoms with Crippen LogP contribution in [0.3, 0.4) is 0 Å². The van der Waals surface area contributed by atoms with Crippen molar-refractivity contribution in [3.63, 3.8) is 0 Å². The zero-order valence-electron chi connectivity index (χ0n) is 23.0. The molecular formula is C25H34N6O8. The summed E-state index contributed by atoms with van der Waals surface area (Å²) in [5.41, 5.74) is 5.17. The molecule has 0 bridgehead atoms. The summed E-state index contributed by atoms with van der Waals surface area (Å²) in [6.07, 6.45) is -3.48. The van der Waals surface area contributed by atoms with Crippen molar-refractivity contribution in [3.8, 4) is 6.07 Å². The number of aromatic nitrogens is 3. The second-order valence-electron chi connectivity index (χ2n) is 10.5. The molecule has 39 heavy (non-hydrogen) atoms. The Morgan fingerprint density at radius 1 is 1.21 bits per heavy atom. The highest BCUT2D eigenvalue weighted by Crippen LogP contribution is 2.49. The van der Waals surface area contributed by atoms with Gasteiger partial charge >= 0.3 is 12.1 Å². The zero-order chi connectivity index (χ0) is 28.7. The third kappa shape index (κ3) is 5.35. The number of nitrogens with zero attached hydrogens (tertiary/aromatic N) is 5. The van der Waals surface area contributed by atoms with Crippen molar-refractivity contribution in [3.05, 3.63) is 24.2 Å². The van der Waals surface area contributed by atoms with Crippen LogP contribution in [-0.2, 0) is 38.8 Å². The number of nitrogen functional groups attached to an aromatic ring is 1. The number of hydrogen-bond donors (Lipinski definition) is 1. The van der Waals surface area contributed by atoms with Crippen molar-refractivity contribution >= 4 is 23.5 Å². The Bertz CT molecular complexity index is 1270. The van der Waals surface area contributed by atoms with Crippen molar-refractivity contribution in [1.82, 2.24) is 19.5 Å². The summed E-state index contributed by atoms with van der Waals surface area (Å²) in [6.45, 7) is 8.16. The monoisotopic (exact) mass is 546 g/mol. The fraction of sp³-hybridized carbons (Fsp3) is 0.640. The molecular weight excluding hydrogens is 512 g/mol. The molecule has 4 heterocycles. The topological polar surface area (TPSA) is 173 Å². The molecule has 14 heteroatoms. The van der Waals surface area contributed by atoms with Gasteiger partial charge in [0.05, 0.1) is 11.8 Å². The molecule has 0 radical (unpaired) electrons. The standard InChI is InChI=1S/C25H34N6O8/c1-13(2)35-22(32)18(30(6)7)14(3)36-23(33)34-10-16-19-20(39-24(4,5)38-19)25(11-26,37-16)17-9-8-15-21(27)28-12-29-31(15)17/h8-9,12-14,16,18-20H,10H2,1-7H3,(H2,27,28,29)/t14-,16-,18+,19-,20-,25+/m1/s1. The van der Waals surface area contributed by atoms with E-state index in [1.165, 1.54) is 10.8 Å². The normalized spacial score (nSPS) is 27.2. The number of nitriles is 1. The number of esters is 1. The molecule has 0 aliphatic carbocycles. The summed E-state index contributed by atoms with van der Waals surface area (Å²) >= 11 is 0. The fourth-order valence-electron chi connectivity index (χ4n) is 4.99. The lowest BCUT2D eigenvalue weighted by molar-refractivity contribution is -0.205. The van der Waals surface area contributed by atoms with Crippen molar-refractivity contribution < 1.29 is 38.0 Å². The maximum Gasteiger partial charge on any atom is 0.508 e. The van der Waals surface area contributed by atoms with Crippen LogP contribution in [-0.4, -0.2) is 94.7 Å². The Kier molecular flexibility index (Phi) is 7.72. The zero-order valence-corrected chi connectivity index (χ0v) is 23.0. The SMILES string of the molecule is CC(C)OC(=O)[C@H]([C@@H](C)OC(=O)OC[C@H]1O[C@@](C#N)(c2ccc3c(N)ncnn23)[C@@H]2OC(C)(C)O[C@@H]21)N(C)C. The lowest BCUT2D eigenvalue weighted by atomic mass is 9.92. The second-order valence-corrected chi connectivity index (χ2v) is 10.5. The number of nitrogens with two attached hydrogens (primary N) is 1. The van der Waals surface area contributed by atoms with Gasteiger partial charge in [0.25, 0.3) is 0 Å². The maximum atomic E-state index is 12.6. The molecule has 2 fully saturated rings. The average Bonchev–Trinajstić information content (AvgIpc) is 3.48. The molecule has 2 aromatic rings. The minimum atomic E-state index is -1.66. The number of anilines is 1. The second kappa shape index (κ2) is 10.6. The highest BCUT2D eigenvalue weighted by atomic mass is 16.8. The first-order valence-corrected chi connectivity index (χ1v) is 12.5. The van der Waals surface area contributed by atoms with Gasteiger partial charge in [0, 0.05) is 0 Å². The van der Waals surface area contributed by atoms with Crippen molar-refractivity contribution in [2.24, 2.45) is 0 Å². The molecule has 6 atom stereocenters. The third-order valence-corrected chi connectivity index (χ3v) is 6.50. The molecule has 14 nitrogen and oxygen atoms in total. The third-order valence-electron chi connectivity index (χ3n) is 6.50. The number of fused-ring (bicyclic) bond motifs is 2. The largest absolute Gasteiger partial charge is 0.508 e. The Morgan fingerprint density at radius 3 is 2.56 bits per heavy atom. The Hall–Kier alpha value is -3.51. The fourth-order valence-corrected chi connectivity index (χ4v) is 4.99. The van der Waals surface area contributed by atoms with Crippen LogP contribution in [0.5, 0.6) is 0 Å². The van der Waals surface area contributed by atoms with E-state index in [2.05, 4.69) is 16.2 Å². The molecule has 0 saturated carbocycles. The van der Waals surface area contributed by atoms with Gasteiger partial charge in [-0.05, 0) is 60.8 Å². The van der Waals surface area contributed by atoms with E-state index in [9.17, 15) is 14.9 Å². The van der Waals surface area contributed by atoms with E-state index in [1.807, 2.05) is 0 Å².